The van der Waals surface area contributed by atoms with Crippen LogP contribution in [0.3, 0.4) is 0 Å². The van der Waals surface area contributed by atoms with Crippen LogP contribution in [0.4, 0.5) is 0 Å². The highest BCUT2D eigenvalue weighted by molar-refractivity contribution is 7.89. The van der Waals surface area contributed by atoms with Gasteiger partial charge in [0.15, 0.2) is 0 Å². The molecule has 1 heterocycles. The number of amides is 1. The predicted octanol–water partition coefficient (Wildman–Crippen LogP) is 0.691. The van der Waals surface area contributed by atoms with Crippen LogP contribution >= 0.6 is 0 Å². The third-order valence-corrected chi connectivity index (χ3v) is 5.54. The van der Waals surface area contributed by atoms with Crippen molar-refractivity contribution in [2.45, 2.75) is 30.2 Å². The summed E-state index contributed by atoms with van der Waals surface area (Å²) in [6.07, 6.45) is 1.95. The van der Waals surface area contributed by atoms with Crippen LogP contribution in [-0.2, 0) is 19.6 Å². The van der Waals surface area contributed by atoms with Crippen LogP contribution in [0.25, 0.3) is 0 Å². The number of piperidine rings is 1. The van der Waals surface area contributed by atoms with Gasteiger partial charge in [-0.25, -0.2) is 17.9 Å². The standard InChI is InChI=1S/C16H22N2O6S/c1-24-11-9-17-25(22,23)13-7-5-12(6-8-13)15(19)18-10-3-2-4-14(18)16(20)21/h5-8,14,17H,2-4,9-11H2,1H3,(H,20,21). The van der Waals surface area contributed by atoms with E-state index >= 15 is 0 Å². The molecule has 1 aliphatic rings. The Morgan fingerprint density at radius 2 is 1.96 bits per heavy atom. The van der Waals surface area contributed by atoms with Crippen molar-refractivity contribution in [1.29, 1.82) is 0 Å². The average molecular weight is 370 g/mol. The van der Waals surface area contributed by atoms with Crippen LogP contribution in [0.1, 0.15) is 29.6 Å². The van der Waals surface area contributed by atoms with Crippen LogP contribution in [0.2, 0.25) is 0 Å². The number of hydrogen-bond donors (Lipinski definition) is 2. The molecule has 0 radical (unpaired) electrons. The van der Waals surface area contributed by atoms with E-state index in [2.05, 4.69) is 4.72 Å². The fourth-order valence-corrected chi connectivity index (χ4v) is 3.75. The van der Waals surface area contributed by atoms with E-state index in [1.807, 2.05) is 0 Å². The van der Waals surface area contributed by atoms with E-state index in [-0.39, 0.29) is 23.6 Å². The number of methoxy groups -OCH3 is 1. The van der Waals surface area contributed by atoms with Crippen LogP contribution < -0.4 is 4.72 Å². The molecule has 138 valence electrons. The van der Waals surface area contributed by atoms with Crippen molar-refractivity contribution < 1.29 is 27.9 Å². The molecule has 1 amide bonds. The Morgan fingerprint density at radius 3 is 2.56 bits per heavy atom. The van der Waals surface area contributed by atoms with Crippen molar-refractivity contribution in [3.05, 3.63) is 29.8 Å². The molecular weight excluding hydrogens is 348 g/mol. The number of nitrogens with zero attached hydrogens (tertiary/aromatic N) is 1. The molecule has 1 unspecified atom stereocenters. The number of benzene rings is 1. The molecular formula is C16H22N2O6S. The number of rotatable bonds is 7. The maximum atomic E-state index is 12.6. The van der Waals surface area contributed by atoms with Crippen molar-refractivity contribution in [2.75, 3.05) is 26.8 Å². The molecule has 25 heavy (non-hydrogen) atoms. The Labute approximate surface area is 146 Å². The van der Waals surface area contributed by atoms with Gasteiger partial charge >= 0.3 is 5.97 Å². The first kappa shape index (κ1) is 19.4. The zero-order valence-electron chi connectivity index (χ0n) is 14.0. The normalized spacial score (nSPS) is 18.1. The van der Waals surface area contributed by atoms with Crippen molar-refractivity contribution in [3.63, 3.8) is 0 Å². The first-order chi connectivity index (χ1) is 11.9. The number of carbonyl (C=O) groups excluding carboxylic acids is 1. The van der Waals surface area contributed by atoms with E-state index in [0.29, 0.717) is 13.0 Å². The van der Waals surface area contributed by atoms with Gasteiger partial charge in [-0.2, -0.15) is 0 Å². The number of likely N-dealkylation sites (tertiary alicyclic amines) is 1. The lowest BCUT2D eigenvalue weighted by Crippen LogP contribution is -2.47. The summed E-state index contributed by atoms with van der Waals surface area (Å²) in [6.45, 7) is 0.781. The first-order valence-electron chi connectivity index (χ1n) is 7.99. The lowest BCUT2D eigenvalue weighted by Gasteiger charge is -2.33. The second kappa shape index (κ2) is 8.41. The van der Waals surface area contributed by atoms with Gasteiger partial charge in [0.1, 0.15) is 6.04 Å². The van der Waals surface area contributed by atoms with Crippen molar-refractivity contribution in [2.24, 2.45) is 0 Å². The summed E-state index contributed by atoms with van der Waals surface area (Å²) < 4.78 is 31.4. The lowest BCUT2D eigenvalue weighted by atomic mass is 10.0. The molecule has 2 rings (SSSR count). The molecule has 0 spiro atoms. The number of aliphatic carboxylic acids is 1. The fraction of sp³-hybridized carbons (Fsp3) is 0.500. The minimum atomic E-state index is -3.67. The van der Waals surface area contributed by atoms with Gasteiger partial charge in [0, 0.05) is 25.8 Å². The third kappa shape index (κ3) is 4.77. The Balaban J connectivity index is 2.13. The van der Waals surface area contributed by atoms with E-state index in [4.69, 9.17) is 4.74 Å². The highest BCUT2D eigenvalue weighted by atomic mass is 32.2. The number of hydrogen-bond acceptors (Lipinski definition) is 5. The average Bonchev–Trinajstić information content (AvgIpc) is 2.61. The summed E-state index contributed by atoms with van der Waals surface area (Å²) in [4.78, 5) is 25.3. The lowest BCUT2D eigenvalue weighted by molar-refractivity contribution is -0.143. The Morgan fingerprint density at radius 1 is 1.28 bits per heavy atom. The minimum absolute atomic E-state index is 0.0357. The monoisotopic (exact) mass is 370 g/mol. The van der Waals surface area contributed by atoms with Gasteiger partial charge in [-0.15, -0.1) is 0 Å². The second-order valence-electron chi connectivity index (χ2n) is 5.76. The summed E-state index contributed by atoms with van der Waals surface area (Å²) in [6, 6.07) is 4.64. The zero-order valence-corrected chi connectivity index (χ0v) is 14.8. The smallest absolute Gasteiger partial charge is 0.326 e. The first-order valence-corrected chi connectivity index (χ1v) is 9.47. The predicted molar refractivity (Wildman–Crippen MR) is 89.8 cm³/mol. The zero-order chi connectivity index (χ0) is 18.4. The largest absolute Gasteiger partial charge is 0.480 e. The summed E-state index contributed by atoms with van der Waals surface area (Å²) in [5.41, 5.74) is 0.268. The molecule has 1 fully saturated rings. The number of nitrogens with one attached hydrogen (secondary N) is 1. The summed E-state index contributed by atoms with van der Waals surface area (Å²) >= 11 is 0. The van der Waals surface area contributed by atoms with Gasteiger partial charge in [0.2, 0.25) is 10.0 Å². The van der Waals surface area contributed by atoms with Crippen molar-refractivity contribution in [1.82, 2.24) is 9.62 Å². The fourth-order valence-electron chi connectivity index (χ4n) is 2.74. The Bertz CT molecular complexity index is 717. The van der Waals surface area contributed by atoms with Crippen LogP contribution in [-0.4, -0.2) is 63.1 Å². The van der Waals surface area contributed by atoms with E-state index in [0.717, 1.165) is 12.8 Å². The maximum absolute atomic E-state index is 12.6. The highest BCUT2D eigenvalue weighted by Crippen LogP contribution is 2.21. The molecule has 1 aromatic carbocycles. The van der Waals surface area contributed by atoms with Crippen LogP contribution in [0.5, 0.6) is 0 Å². The van der Waals surface area contributed by atoms with Gasteiger partial charge in [-0.05, 0) is 43.5 Å². The van der Waals surface area contributed by atoms with Crippen molar-refractivity contribution in [3.8, 4) is 0 Å². The number of sulfonamides is 1. The SMILES string of the molecule is COCCNS(=O)(=O)c1ccc(C(=O)N2CCCCC2C(=O)O)cc1. The highest BCUT2D eigenvalue weighted by Gasteiger charge is 2.32. The number of carbonyl (C=O) groups is 2. The second-order valence-corrected chi connectivity index (χ2v) is 7.53. The van der Waals surface area contributed by atoms with Crippen LogP contribution in [0, 0.1) is 0 Å². The van der Waals surface area contributed by atoms with E-state index in [9.17, 15) is 23.1 Å². The molecule has 2 N–H and O–H groups in total. The Hall–Kier alpha value is -1.97. The molecule has 9 heteroatoms. The van der Waals surface area contributed by atoms with Gasteiger partial charge < -0.3 is 14.7 Å². The molecule has 1 aromatic rings. The topological polar surface area (TPSA) is 113 Å². The van der Waals surface area contributed by atoms with E-state index in [1.54, 1.807) is 0 Å². The molecule has 0 saturated carbocycles. The number of carboxylic acid groups (broad SMARTS) is 1. The molecule has 8 nitrogen and oxygen atoms in total. The van der Waals surface area contributed by atoms with Gasteiger partial charge in [-0.3, -0.25) is 4.79 Å². The van der Waals surface area contributed by atoms with Crippen LogP contribution in [0.15, 0.2) is 29.2 Å². The van der Waals surface area contributed by atoms with E-state index < -0.39 is 27.9 Å². The minimum Gasteiger partial charge on any atom is -0.480 e. The maximum Gasteiger partial charge on any atom is 0.326 e. The summed E-state index contributed by atoms with van der Waals surface area (Å²) in [5, 5.41) is 9.27. The Kier molecular flexibility index (Phi) is 6.51. The summed E-state index contributed by atoms with van der Waals surface area (Å²) in [7, 11) is -2.20. The summed E-state index contributed by atoms with van der Waals surface area (Å²) in [5.74, 6) is -1.42. The van der Waals surface area contributed by atoms with Gasteiger partial charge in [0.05, 0.1) is 11.5 Å². The number of carboxylic acids is 1. The molecule has 0 aromatic heterocycles. The quantitative estimate of drug-likeness (QED) is 0.683. The number of ether oxygens (including phenoxy) is 1. The van der Waals surface area contributed by atoms with Crippen molar-refractivity contribution >= 4 is 21.9 Å². The third-order valence-electron chi connectivity index (χ3n) is 4.06. The molecule has 1 aliphatic heterocycles. The van der Waals surface area contributed by atoms with Gasteiger partial charge in [-0.1, -0.05) is 0 Å². The van der Waals surface area contributed by atoms with Gasteiger partial charge in [0.25, 0.3) is 5.91 Å². The molecule has 1 saturated heterocycles. The molecule has 1 atom stereocenters. The molecule has 0 bridgehead atoms. The molecule has 0 aliphatic carbocycles. The van der Waals surface area contributed by atoms with E-state index in [1.165, 1.54) is 36.3 Å².